The number of allylic oxidation sites excluding steroid dienone is 1. The van der Waals surface area contributed by atoms with Gasteiger partial charge in [0.2, 0.25) is 0 Å². The first-order valence-corrected chi connectivity index (χ1v) is 7.14. The highest BCUT2D eigenvalue weighted by molar-refractivity contribution is 5.18. The van der Waals surface area contributed by atoms with Gasteiger partial charge in [-0.05, 0) is 53.1 Å². The van der Waals surface area contributed by atoms with E-state index in [0.717, 1.165) is 6.42 Å². The van der Waals surface area contributed by atoms with Gasteiger partial charge in [-0.2, -0.15) is 0 Å². The van der Waals surface area contributed by atoms with Gasteiger partial charge >= 0.3 is 0 Å². The van der Waals surface area contributed by atoms with Crippen LogP contribution in [0.3, 0.4) is 0 Å². The molecule has 1 rings (SSSR count). The Morgan fingerprint density at radius 3 is 2.53 bits per heavy atom. The number of hydrogen-bond acceptors (Lipinski definition) is 2. The number of rotatable bonds is 4. The maximum Gasteiger partial charge on any atom is 0.0438 e. The highest BCUT2D eigenvalue weighted by atomic mass is 15.2. The van der Waals surface area contributed by atoms with Gasteiger partial charge in [0.15, 0.2) is 0 Å². The van der Waals surface area contributed by atoms with Gasteiger partial charge in [0.25, 0.3) is 0 Å². The van der Waals surface area contributed by atoms with E-state index in [0.29, 0.717) is 0 Å². The fourth-order valence-electron chi connectivity index (χ4n) is 2.71. The van der Waals surface area contributed by atoms with Crippen LogP contribution in [0.2, 0.25) is 0 Å². The minimum absolute atomic E-state index is 0.0883. The molecule has 0 aromatic carbocycles. The predicted octanol–water partition coefficient (Wildman–Crippen LogP) is 3.32. The van der Waals surface area contributed by atoms with Gasteiger partial charge in [0.05, 0.1) is 0 Å². The summed E-state index contributed by atoms with van der Waals surface area (Å²) in [5.41, 5.74) is 8.13. The Hall–Kier alpha value is -0.340. The van der Waals surface area contributed by atoms with Crippen molar-refractivity contribution >= 4 is 0 Å². The molecule has 0 aromatic heterocycles. The summed E-state index contributed by atoms with van der Waals surface area (Å²) in [6, 6.07) is 0.181. The van der Waals surface area contributed by atoms with Crippen molar-refractivity contribution in [1.82, 2.24) is 4.90 Å². The van der Waals surface area contributed by atoms with E-state index in [9.17, 15) is 0 Å². The summed E-state index contributed by atoms with van der Waals surface area (Å²) in [5.74, 6) is 0. The van der Waals surface area contributed by atoms with Gasteiger partial charge < -0.3 is 10.6 Å². The fourth-order valence-corrected chi connectivity index (χ4v) is 2.71. The van der Waals surface area contributed by atoms with Crippen molar-refractivity contribution in [2.24, 2.45) is 5.73 Å². The summed E-state index contributed by atoms with van der Waals surface area (Å²) in [5, 5.41) is 0. The van der Waals surface area contributed by atoms with Gasteiger partial charge in [-0.1, -0.05) is 31.4 Å². The quantitative estimate of drug-likeness (QED) is 0.761. The van der Waals surface area contributed by atoms with E-state index < -0.39 is 0 Å². The Labute approximate surface area is 107 Å². The van der Waals surface area contributed by atoms with Crippen molar-refractivity contribution in [2.45, 2.75) is 70.4 Å². The summed E-state index contributed by atoms with van der Waals surface area (Å²) in [7, 11) is 4.29. The molecule has 0 saturated heterocycles. The van der Waals surface area contributed by atoms with E-state index in [4.69, 9.17) is 5.73 Å². The molecule has 100 valence electrons. The normalized spacial score (nSPS) is 23.5. The monoisotopic (exact) mass is 238 g/mol. The lowest BCUT2D eigenvalue weighted by atomic mass is 9.81. The van der Waals surface area contributed by atoms with Crippen molar-refractivity contribution < 1.29 is 0 Å². The Balaban J connectivity index is 2.81. The first kappa shape index (κ1) is 14.7. The number of hydrogen-bond donors (Lipinski definition) is 1. The fraction of sp³-hybridized carbons (Fsp3) is 0.867. The summed E-state index contributed by atoms with van der Waals surface area (Å²) in [6.07, 6.45) is 11.3. The highest BCUT2D eigenvalue weighted by Gasteiger charge is 2.34. The van der Waals surface area contributed by atoms with Crippen molar-refractivity contribution in [3.63, 3.8) is 0 Å². The zero-order valence-electron chi connectivity index (χ0n) is 12.1. The maximum absolute atomic E-state index is 6.55. The molecule has 2 unspecified atom stereocenters. The van der Waals surface area contributed by atoms with Gasteiger partial charge in [0.1, 0.15) is 0 Å². The third-order valence-corrected chi connectivity index (χ3v) is 4.63. The van der Waals surface area contributed by atoms with Crippen molar-refractivity contribution in [3.8, 4) is 0 Å². The molecule has 2 heteroatoms. The molecule has 0 saturated carbocycles. The lowest BCUT2D eigenvalue weighted by Crippen LogP contribution is -2.55. The van der Waals surface area contributed by atoms with E-state index in [1.54, 1.807) is 0 Å². The van der Waals surface area contributed by atoms with E-state index in [1.165, 1.54) is 44.1 Å². The predicted molar refractivity (Wildman–Crippen MR) is 76.1 cm³/mol. The molecule has 2 atom stereocenters. The Kier molecular flexibility index (Phi) is 5.68. The molecule has 2 N–H and O–H groups in total. The second-order valence-corrected chi connectivity index (χ2v) is 5.81. The summed E-state index contributed by atoms with van der Waals surface area (Å²) in [6.45, 7) is 4.53. The van der Waals surface area contributed by atoms with Crippen LogP contribution < -0.4 is 5.73 Å². The van der Waals surface area contributed by atoms with Crippen LogP contribution in [-0.4, -0.2) is 30.6 Å². The van der Waals surface area contributed by atoms with Gasteiger partial charge in [-0.15, -0.1) is 0 Å². The number of nitrogens with two attached hydrogens (primary N) is 1. The number of nitrogens with zero attached hydrogens (tertiary/aromatic N) is 1. The molecule has 0 spiro atoms. The highest BCUT2D eigenvalue weighted by Crippen LogP contribution is 2.28. The molecule has 1 aliphatic carbocycles. The minimum Gasteiger partial charge on any atom is -0.323 e. The van der Waals surface area contributed by atoms with Crippen LogP contribution in [0.1, 0.15) is 58.8 Å². The average molecular weight is 238 g/mol. The molecule has 0 radical (unpaired) electrons. The van der Waals surface area contributed by atoms with E-state index >= 15 is 0 Å². The second kappa shape index (κ2) is 6.55. The summed E-state index contributed by atoms with van der Waals surface area (Å²) < 4.78 is 0. The smallest absolute Gasteiger partial charge is 0.0438 e. The minimum atomic E-state index is 0.0883. The van der Waals surface area contributed by atoms with Crippen LogP contribution in [0, 0.1) is 0 Å². The van der Waals surface area contributed by atoms with Crippen molar-refractivity contribution in [3.05, 3.63) is 11.6 Å². The zero-order chi connectivity index (χ0) is 12.9. The third kappa shape index (κ3) is 3.56. The average Bonchev–Trinajstić information content (AvgIpc) is 2.26. The third-order valence-electron chi connectivity index (χ3n) is 4.63. The standard InChI is InChI=1S/C15H30N2/c1-5-15(2,17(3)4)14(16)13-11-9-7-6-8-10-12-13/h11,14H,5-10,12,16H2,1-4H3. The summed E-state index contributed by atoms with van der Waals surface area (Å²) >= 11 is 0. The molecular weight excluding hydrogens is 208 g/mol. The maximum atomic E-state index is 6.55. The largest absolute Gasteiger partial charge is 0.323 e. The first-order chi connectivity index (χ1) is 8.02. The Morgan fingerprint density at radius 1 is 1.29 bits per heavy atom. The molecule has 0 aliphatic heterocycles. The lowest BCUT2D eigenvalue weighted by molar-refractivity contribution is 0.143. The SMILES string of the molecule is CCC(C)(C(N)C1=CCCCCCC1)N(C)C. The second-order valence-electron chi connectivity index (χ2n) is 5.81. The molecule has 0 fully saturated rings. The van der Waals surface area contributed by atoms with Crippen LogP contribution in [0.25, 0.3) is 0 Å². The molecule has 2 nitrogen and oxygen atoms in total. The molecule has 17 heavy (non-hydrogen) atoms. The summed E-state index contributed by atoms with van der Waals surface area (Å²) in [4.78, 5) is 2.29. The van der Waals surface area contributed by atoms with Crippen LogP contribution in [0.4, 0.5) is 0 Å². The van der Waals surface area contributed by atoms with Gasteiger partial charge in [-0.25, -0.2) is 0 Å². The molecule has 0 heterocycles. The lowest BCUT2D eigenvalue weighted by Gasteiger charge is -2.42. The first-order valence-electron chi connectivity index (χ1n) is 7.14. The molecule has 0 bridgehead atoms. The Bertz CT molecular complexity index is 258. The van der Waals surface area contributed by atoms with Crippen LogP contribution in [0.5, 0.6) is 0 Å². The Morgan fingerprint density at radius 2 is 1.94 bits per heavy atom. The van der Waals surface area contributed by atoms with Gasteiger partial charge in [0, 0.05) is 11.6 Å². The molecule has 1 aliphatic rings. The number of likely N-dealkylation sites (N-methyl/N-ethyl adjacent to an activating group) is 1. The molecule has 0 aromatic rings. The van der Waals surface area contributed by atoms with Crippen LogP contribution >= 0.6 is 0 Å². The molecular formula is C15H30N2. The van der Waals surface area contributed by atoms with Crippen molar-refractivity contribution in [1.29, 1.82) is 0 Å². The van der Waals surface area contributed by atoms with E-state index in [2.05, 4.69) is 38.9 Å². The topological polar surface area (TPSA) is 29.3 Å². The van der Waals surface area contributed by atoms with Gasteiger partial charge in [-0.3, -0.25) is 0 Å². The van der Waals surface area contributed by atoms with E-state index in [-0.39, 0.29) is 11.6 Å². The zero-order valence-corrected chi connectivity index (χ0v) is 12.1. The van der Waals surface area contributed by atoms with E-state index in [1.807, 2.05) is 0 Å². The van der Waals surface area contributed by atoms with Crippen LogP contribution in [-0.2, 0) is 0 Å². The van der Waals surface area contributed by atoms with Crippen molar-refractivity contribution in [2.75, 3.05) is 14.1 Å². The molecule has 0 amide bonds. The van der Waals surface area contributed by atoms with Crippen LogP contribution in [0.15, 0.2) is 11.6 Å².